The zero-order chi connectivity index (χ0) is 14.1. The average molecular weight is 302 g/mol. The normalized spacial score (nSPS) is 17.6. The third kappa shape index (κ3) is 3.78. The molecule has 0 amide bonds. The Morgan fingerprint density at radius 3 is 2.68 bits per heavy atom. The highest BCUT2D eigenvalue weighted by Gasteiger charge is 2.38. The summed E-state index contributed by atoms with van der Waals surface area (Å²) in [4.78, 5) is 2.37. The molecule has 0 unspecified atom stereocenters. The van der Waals surface area contributed by atoms with E-state index in [1.807, 2.05) is 13.8 Å². The van der Waals surface area contributed by atoms with E-state index in [0.29, 0.717) is 11.4 Å². The van der Waals surface area contributed by atoms with E-state index in [4.69, 9.17) is 0 Å². The van der Waals surface area contributed by atoms with Gasteiger partial charge in [-0.25, -0.2) is 13.1 Å². The molecule has 1 heterocycles. The summed E-state index contributed by atoms with van der Waals surface area (Å²) in [6, 6.07) is 1.79. The first-order chi connectivity index (χ1) is 8.86. The Hall–Kier alpha value is -0.430. The van der Waals surface area contributed by atoms with Gasteiger partial charge < -0.3 is 5.32 Å². The zero-order valence-electron chi connectivity index (χ0n) is 11.7. The van der Waals surface area contributed by atoms with Crippen molar-refractivity contribution in [3.63, 3.8) is 0 Å². The lowest BCUT2D eigenvalue weighted by atomic mass is 10.2. The summed E-state index contributed by atoms with van der Waals surface area (Å²) in [7, 11) is -3.36. The van der Waals surface area contributed by atoms with Crippen LogP contribution in [0.2, 0.25) is 0 Å². The Kier molecular flexibility index (Phi) is 4.35. The van der Waals surface area contributed by atoms with Gasteiger partial charge in [-0.2, -0.15) is 0 Å². The maximum atomic E-state index is 12.3. The number of sulfonamides is 1. The summed E-state index contributed by atoms with van der Waals surface area (Å²) in [5, 5.41) is 3.22. The molecule has 0 atom stereocenters. The first kappa shape index (κ1) is 15.0. The van der Waals surface area contributed by atoms with E-state index in [-0.39, 0.29) is 5.41 Å². The molecule has 1 fully saturated rings. The summed E-state index contributed by atoms with van der Waals surface area (Å²) >= 11 is 1.55. The number of hydrogen-bond acceptors (Lipinski definition) is 4. The van der Waals surface area contributed by atoms with Crippen molar-refractivity contribution in [3.05, 3.63) is 15.8 Å². The van der Waals surface area contributed by atoms with E-state index in [2.05, 4.69) is 17.0 Å². The highest BCUT2D eigenvalue weighted by molar-refractivity contribution is 7.89. The predicted octanol–water partition coefficient (Wildman–Crippen LogP) is 2.24. The van der Waals surface area contributed by atoms with Crippen LogP contribution in [0.5, 0.6) is 0 Å². The molecule has 1 saturated carbocycles. The maximum absolute atomic E-state index is 12.3. The van der Waals surface area contributed by atoms with Crippen LogP contribution in [0.25, 0.3) is 0 Å². The van der Waals surface area contributed by atoms with Crippen LogP contribution >= 0.6 is 11.3 Å². The predicted molar refractivity (Wildman–Crippen MR) is 79.0 cm³/mol. The topological polar surface area (TPSA) is 58.2 Å². The minimum Gasteiger partial charge on any atom is -0.312 e. The summed E-state index contributed by atoms with van der Waals surface area (Å²) in [6.07, 6.45) is 2.23. The van der Waals surface area contributed by atoms with E-state index in [1.165, 1.54) is 0 Å². The van der Waals surface area contributed by atoms with Gasteiger partial charge in [0, 0.05) is 22.8 Å². The lowest BCUT2D eigenvalue weighted by molar-refractivity contribution is 0.530. The van der Waals surface area contributed by atoms with Crippen LogP contribution in [0.15, 0.2) is 11.0 Å². The number of hydrogen-bond donors (Lipinski definition) is 2. The SMILES string of the molecule is CCNCc1cc(S(=O)(=O)NCC2(C)CC2)c(C)s1. The molecule has 108 valence electrons. The van der Waals surface area contributed by atoms with E-state index < -0.39 is 10.0 Å². The van der Waals surface area contributed by atoms with Crippen LogP contribution < -0.4 is 10.0 Å². The Morgan fingerprint density at radius 1 is 1.42 bits per heavy atom. The molecule has 0 spiro atoms. The molecule has 4 nitrogen and oxygen atoms in total. The van der Waals surface area contributed by atoms with Gasteiger partial charge in [-0.1, -0.05) is 13.8 Å². The minimum atomic E-state index is -3.36. The van der Waals surface area contributed by atoms with Crippen molar-refractivity contribution in [1.82, 2.24) is 10.0 Å². The molecule has 0 aliphatic heterocycles. The van der Waals surface area contributed by atoms with Crippen molar-refractivity contribution in [2.24, 2.45) is 5.41 Å². The molecule has 0 bridgehead atoms. The lowest BCUT2D eigenvalue weighted by Crippen LogP contribution is -2.29. The Balaban J connectivity index is 2.08. The van der Waals surface area contributed by atoms with Crippen LogP contribution in [0.1, 0.15) is 36.4 Å². The largest absolute Gasteiger partial charge is 0.312 e. The molecule has 1 aliphatic carbocycles. The van der Waals surface area contributed by atoms with Crippen LogP contribution in [0, 0.1) is 12.3 Å². The van der Waals surface area contributed by atoms with E-state index in [0.717, 1.165) is 35.7 Å². The summed E-state index contributed by atoms with van der Waals surface area (Å²) in [5.41, 5.74) is 0.184. The molecule has 1 aromatic rings. The van der Waals surface area contributed by atoms with Crippen LogP contribution in [-0.4, -0.2) is 21.5 Å². The van der Waals surface area contributed by atoms with Gasteiger partial charge in [0.25, 0.3) is 0 Å². The molecule has 1 aromatic heterocycles. The molecule has 19 heavy (non-hydrogen) atoms. The van der Waals surface area contributed by atoms with Gasteiger partial charge in [0.2, 0.25) is 10.0 Å². The van der Waals surface area contributed by atoms with Gasteiger partial charge >= 0.3 is 0 Å². The Bertz CT molecular complexity index is 545. The highest BCUT2D eigenvalue weighted by atomic mass is 32.2. The van der Waals surface area contributed by atoms with E-state index in [1.54, 1.807) is 17.4 Å². The first-order valence-corrected chi connectivity index (χ1v) is 8.96. The standard InChI is InChI=1S/C13H22N2O2S2/c1-4-14-8-11-7-12(10(2)18-11)19(16,17)15-9-13(3)5-6-13/h7,14-15H,4-6,8-9H2,1-3H3. The molecule has 0 saturated heterocycles. The fourth-order valence-electron chi connectivity index (χ4n) is 1.86. The van der Waals surface area contributed by atoms with Crippen molar-refractivity contribution in [2.45, 2.75) is 45.1 Å². The van der Waals surface area contributed by atoms with Crippen LogP contribution in [0.3, 0.4) is 0 Å². The number of rotatable bonds is 7. The Labute approximate surface area is 119 Å². The van der Waals surface area contributed by atoms with Crippen LogP contribution in [-0.2, 0) is 16.6 Å². The molecule has 0 radical (unpaired) electrons. The fraction of sp³-hybridized carbons (Fsp3) is 0.692. The third-order valence-electron chi connectivity index (χ3n) is 3.55. The third-order valence-corrected chi connectivity index (χ3v) is 6.26. The number of nitrogens with one attached hydrogen (secondary N) is 2. The van der Waals surface area contributed by atoms with Gasteiger partial charge in [-0.15, -0.1) is 11.3 Å². The minimum absolute atomic E-state index is 0.184. The van der Waals surface area contributed by atoms with Crippen molar-refractivity contribution < 1.29 is 8.42 Å². The summed E-state index contributed by atoms with van der Waals surface area (Å²) in [6.45, 7) is 8.19. The van der Waals surface area contributed by atoms with Crippen LogP contribution in [0.4, 0.5) is 0 Å². The van der Waals surface area contributed by atoms with Crippen molar-refractivity contribution in [1.29, 1.82) is 0 Å². The monoisotopic (exact) mass is 302 g/mol. The zero-order valence-corrected chi connectivity index (χ0v) is 13.4. The second kappa shape index (κ2) is 5.52. The van der Waals surface area contributed by atoms with Gasteiger partial charge in [-0.3, -0.25) is 0 Å². The number of thiophene rings is 1. The first-order valence-electron chi connectivity index (χ1n) is 6.66. The second-order valence-electron chi connectivity index (χ2n) is 5.55. The summed E-state index contributed by atoms with van der Waals surface area (Å²) in [5.74, 6) is 0. The maximum Gasteiger partial charge on any atom is 0.241 e. The molecule has 2 rings (SSSR count). The lowest BCUT2D eigenvalue weighted by Gasteiger charge is -2.10. The van der Waals surface area contributed by atoms with Gasteiger partial charge in [0.05, 0.1) is 4.90 Å². The van der Waals surface area contributed by atoms with Crippen molar-refractivity contribution >= 4 is 21.4 Å². The van der Waals surface area contributed by atoms with E-state index >= 15 is 0 Å². The quantitative estimate of drug-likeness (QED) is 0.812. The van der Waals surface area contributed by atoms with Crippen molar-refractivity contribution in [3.8, 4) is 0 Å². The molecular formula is C13H22N2O2S2. The Morgan fingerprint density at radius 2 is 2.11 bits per heavy atom. The molecule has 1 aliphatic rings. The fourth-order valence-corrected chi connectivity index (χ4v) is 4.67. The summed E-state index contributed by atoms with van der Waals surface area (Å²) < 4.78 is 27.3. The molecule has 2 N–H and O–H groups in total. The molecule has 6 heteroatoms. The second-order valence-corrected chi connectivity index (χ2v) is 8.62. The highest BCUT2D eigenvalue weighted by Crippen LogP contribution is 2.44. The van der Waals surface area contributed by atoms with Gasteiger partial charge in [-0.05, 0) is 37.8 Å². The van der Waals surface area contributed by atoms with Gasteiger partial charge in [0.1, 0.15) is 0 Å². The average Bonchev–Trinajstić information content (AvgIpc) is 2.96. The van der Waals surface area contributed by atoms with Crippen molar-refractivity contribution in [2.75, 3.05) is 13.1 Å². The van der Waals surface area contributed by atoms with E-state index in [9.17, 15) is 8.42 Å². The van der Waals surface area contributed by atoms with Gasteiger partial charge in [0.15, 0.2) is 0 Å². The molecular weight excluding hydrogens is 280 g/mol. The number of aryl methyl sites for hydroxylation is 1. The molecule has 0 aromatic carbocycles. The smallest absolute Gasteiger partial charge is 0.241 e.